The van der Waals surface area contributed by atoms with Gasteiger partial charge in [0.05, 0.1) is 23.5 Å². The third-order valence-electron chi connectivity index (χ3n) is 5.72. The van der Waals surface area contributed by atoms with Gasteiger partial charge in [-0.3, -0.25) is 4.79 Å². The Balaban J connectivity index is 0.00000361. The number of nitriles is 1. The summed E-state index contributed by atoms with van der Waals surface area (Å²) in [4.78, 5) is 17.7. The molecule has 0 fully saturated rings. The third-order valence-corrected chi connectivity index (χ3v) is 6.69. The van der Waals surface area contributed by atoms with Crippen molar-refractivity contribution in [2.45, 2.75) is 63.6 Å². The zero-order valence-corrected chi connectivity index (χ0v) is 25.7. The van der Waals surface area contributed by atoms with E-state index in [-0.39, 0.29) is 49.2 Å². The summed E-state index contributed by atoms with van der Waals surface area (Å²) in [6, 6.07) is 14.9. The van der Waals surface area contributed by atoms with Crippen LogP contribution in [0.25, 0.3) is 11.3 Å². The number of carbonyl (C=O) groups excluding carboxylic acids is 1. The SMILES string of the molecule is CC(O)C[C@H](Cc1ccc(-c2cn3c(n2)SCC3)cc1)NC(=O)c1ccc(OC(C)C)c(C#N)c1.[U]. The van der Waals surface area contributed by atoms with Gasteiger partial charge in [-0.1, -0.05) is 36.0 Å². The average Bonchev–Trinajstić information content (AvgIpc) is 3.41. The number of aryl methyl sites for hydroxylation is 1. The van der Waals surface area contributed by atoms with Crippen LogP contribution in [0.2, 0.25) is 0 Å². The van der Waals surface area contributed by atoms with Crippen LogP contribution >= 0.6 is 11.8 Å². The Labute approximate surface area is 240 Å². The number of carbonyl (C=O) groups is 1. The van der Waals surface area contributed by atoms with E-state index < -0.39 is 6.10 Å². The Kier molecular flexibility index (Phi) is 10.1. The van der Waals surface area contributed by atoms with Crippen LogP contribution in [0.1, 0.15) is 48.7 Å². The molecule has 0 saturated carbocycles. The monoisotopic (exact) mass is 728 g/mol. The predicted molar refractivity (Wildman–Crippen MR) is 137 cm³/mol. The molecule has 0 saturated heterocycles. The summed E-state index contributed by atoms with van der Waals surface area (Å²) in [5.41, 5.74) is 3.78. The first-order valence-corrected chi connectivity index (χ1v) is 12.8. The summed E-state index contributed by atoms with van der Waals surface area (Å²) in [6.07, 6.45) is 2.44. The number of fused-ring (bicyclic) bond motifs is 1. The largest absolute Gasteiger partial charge is 0.490 e. The molecule has 2 aromatic carbocycles. The molecule has 4 rings (SSSR count). The fourth-order valence-corrected chi connectivity index (χ4v) is 5.08. The van der Waals surface area contributed by atoms with Crippen LogP contribution in [0, 0.1) is 42.4 Å². The number of nitrogens with zero attached hydrogens (tertiary/aromatic N) is 3. The van der Waals surface area contributed by atoms with E-state index in [0.717, 1.165) is 34.3 Å². The summed E-state index contributed by atoms with van der Waals surface area (Å²) in [6.45, 7) is 6.48. The molecule has 0 bridgehead atoms. The van der Waals surface area contributed by atoms with E-state index in [1.165, 1.54) is 0 Å². The molecule has 1 aromatic heterocycles. The van der Waals surface area contributed by atoms with Gasteiger partial charge in [-0.15, -0.1) is 0 Å². The molecule has 36 heavy (non-hydrogen) atoms. The summed E-state index contributed by atoms with van der Waals surface area (Å²) < 4.78 is 7.83. The molecular weight excluding hydrogens is 698 g/mol. The van der Waals surface area contributed by atoms with Crippen molar-refractivity contribution in [2.24, 2.45) is 0 Å². The number of thioether (sulfide) groups is 1. The average molecular weight is 729 g/mol. The first-order chi connectivity index (χ1) is 16.8. The molecule has 0 spiro atoms. The van der Waals surface area contributed by atoms with Crippen molar-refractivity contribution in [2.75, 3.05) is 5.75 Å². The van der Waals surface area contributed by atoms with Crippen LogP contribution in [-0.2, 0) is 13.0 Å². The van der Waals surface area contributed by atoms with E-state index in [2.05, 4.69) is 22.1 Å². The van der Waals surface area contributed by atoms with Crippen LogP contribution in [0.5, 0.6) is 5.75 Å². The molecule has 1 aliphatic rings. The van der Waals surface area contributed by atoms with E-state index in [1.807, 2.05) is 38.1 Å². The van der Waals surface area contributed by atoms with Gasteiger partial charge in [0.1, 0.15) is 11.8 Å². The number of rotatable bonds is 9. The van der Waals surface area contributed by atoms with Crippen LogP contribution in [0.15, 0.2) is 53.8 Å². The molecule has 186 valence electrons. The van der Waals surface area contributed by atoms with Crippen LogP contribution in [-0.4, -0.2) is 44.6 Å². The van der Waals surface area contributed by atoms with Crippen LogP contribution in [0.3, 0.4) is 0 Å². The number of nitrogens with one attached hydrogen (secondary N) is 1. The van der Waals surface area contributed by atoms with Gasteiger partial charge >= 0.3 is 0 Å². The van der Waals surface area contributed by atoms with Gasteiger partial charge in [-0.25, -0.2) is 4.98 Å². The van der Waals surface area contributed by atoms with Crippen molar-refractivity contribution < 1.29 is 45.8 Å². The number of aliphatic hydroxyl groups excluding tert-OH is 1. The summed E-state index contributed by atoms with van der Waals surface area (Å²) in [5, 5.41) is 23.6. The van der Waals surface area contributed by atoms with Crippen molar-refractivity contribution >= 4 is 17.7 Å². The summed E-state index contributed by atoms with van der Waals surface area (Å²) in [5.74, 6) is 1.25. The van der Waals surface area contributed by atoms with Gasteiger partial charge in [0.15, 0.2) is 5.16 Å². The molecule has 1 amide bonds. The molecule has 2 atom stereocenters. The fraction of sp³-hybridized carbons (Fsp3) is 0.370. The Morgan fingerprint density at radius 2 is 2.00 bits per heavy atom. The van der Waals surface area contributed by atoms with Crippen molar-refractivity contribution in [1.82, 2.24) is 14.9 Å². The van der Waals surface area contributed by atoms with E-state index in [0.29, 0.717) is 29.7 Å². The molecule has 9 heteroatoms. The van der Waals surface area contributed by atoms with Crippen LogP contribution in [0.4, 0.5) is 0 Å². The Morgan fingerprint density at radius 1 is 1.25 bits per heavy atom. The molecule has 2 N–H and O–H groups in total. The van der Waals surface area contributed by atoms with E-state index >= 15 is 0 Å². The second-order valence-corrected chi connectivity index (χ2v) is 10.2. The topological polar surface area (TPSA) is 100 Å². The molecule has 7 nitrogen and oxygen atoms in total. The van der Waals surface area contributed by atoms with Gasteiger partial charge in [0, 0.05) is 66.8 Å². The quantitative estimate of drug-likeness (QED) is 0.339. The number of imidazole rings is 1. The second kappa shape index (κ2) is 12.8. The number of hydrogen-bond donors (Lipinski definition) is 2. The minimum atomic E-state index is -0.568. The molecule has 0 radical (unpaired) electrons. The minimum Gasteiger partial charge on any atom is -0.490 e. The van der Waals surface area contributed by atoms with Crippen molar-refractivity contribution in [1.29, 1.82) is 5.26 Å². The number of aromatic nitrogens is 2. The van der Waals surface area contributed by atoms with Gasteiger partial charge < -0.3 is 19.7 Å². The van der Waals surface area contributed by atoms with Crippen molar-refractivity contribution in [3.05, 3.63) is 65.4 Å². The summed E-state index contributed by atoms with van der Waals surface area (Å²) in [7, 11) is 0. The molecule has 1 unspecified atom stereocenters. The predicted octanol–water partition coefficient (Wildman–Crippen LogP) is 4.43. The molecule has 1 aliphatic heterocycles. The Bertz CT molecular complexity index is 1210. The normalized spacial score (nSPS) is 13.9. The van der Waals surface area contributed by atoms with Gasteiger partial charge in [-0.2, -0.15) is 5.26 Å². The fourth-order valence-electron chi connectivity index (χ4n) is 4.13. The maximum absolute atomic E-state index is 13.0. The van der Waals surface area contributed by atoms with E-state index in [1.54, 1.807) is 36.9 Å². The molecule has 3 aromatic rings. The zero-order valence-electron chi connectivity index (χ0n) is 20.7. The van der Waals surface area contributed by atoms with Crippen molar-refractivity contribution in [3.63, 3.8) is 0 Å². The van der Waals surface area contributed by atoms with Gasteiger partial charge in [0.25, 0.3) is 5.91 Å². The van der Waals surface area contributed by atoms with E-state index in [9.17, 15) is 15.2 Å². The van der Waals surface area contributed by atoms with E-state index in [4.69, 9.17) is 9.72 Å². The number of hydrogen-bond acceptors (Lipinski definition) is 6. The Morgan fingerprint density at radius 3 is 2.64 bits per heavy atom. The third kappa shape index (κ3) is 7.17. The number of amides is 1. The van der Waals surface area contributed by atoms with Gasteiger partial charge in [-0.05, 0) is 57.4 Å². The molecular formula is C27H30N4O3SU. The minimum absolute atomic E-state index is 0. The molecule has 0 aliphatic carbocycles. The Hall–Kier alpha value is -2.23. The smallest absolute Gasteiger partial charge is 0.251 e. The standard InChI is InChI=1S/C27H30N4O3S.U/c1-17(2)34-25-9-8-21(14-22(25)15-28)26(33)29-23(12-18(3)32)13-19-4-6-20(7-5-19)24-16-31-10-11-35-27(31)30-24;/h4-9,14,16-18,23,32H,10-13H2,1-3H3,(H,29,33);/t18?,23-;/m1./s1. The summed E-state index contributed by atoms with van der Waals surface area (Å²) >= 11 is 1.77. The second-order valence-electron chi connectivity index (χ2n) is 9.10. The maximum atomic E-state index is 13.0. The number of ether oxygens (including phenoxy) is 1. The number of aliphatic hydroxyl groups is 1. The molecule has 2 heterocycles. The first kappa shape index (κ1) is 28.3. The number of benzene rings is 2. The first-order valence-electron chi connectivity index (χ1n) is 11.8. The maximum Gasteiger partial charge on any atom is 0.251 e. The van der Waals surface area contributed by atoms with Gasteiger partial charge in [0.2, 0.25) is 0 Å². The van der Waals surface area contributed by atoms with Crippen molar-refractivity contribution in [3.8, 4) is 23.1 Å². The zero-order chi connectivity index (χ0) is 24.9. The van der Waals surface area contributed by atoms with Crippen LogP contribution < -0.4 is 10.1 Å².